The van der Waals surface area contributed by atoms with Gasteiger partial charge in [0.2, 0.25) is 5.95 Å². The van der Waals surface area contributed by atoms with E-state index in [1.807, 2.05) is 0 Å². The average Bonchev–Trinajstić information content (AvgIpc) is 3.01. The maximum Gasteiger partial charge on any atom is 0.416 e. The minimum atomic E-state index is -4.46. The highest BCUT2D eigenvalue weighted by atomic mass is 35.5. The topological polar surface area (TPSA) is 77.1 Å². The summed E-state index contributed by atoms with van der Waals surface area (Å²) in [6.07, 6.45) is -4.46. The lowest BCUT2D eigenvalue weighted by molar-refractivity contribution is -0.384. The van der Waals surface area contributed by atoms with Gasteiger partial charge in [0.15, 0.2) is 5.82 Å². The Morgan fingerprint density at radius 1 is 1.18 bits per heavy atom. The fourth-order valence-corrected chi connectivity index (χ4v) is 2.91. The molecule has 146 valence electrons. The van der Waals surface area contributed by atoms with Gasteiger partial charge >= 0.3 is 6.18 Å². The Kier molecular flexibility index (Phi) is 4.99. The van der Waals surface area contributed by atoms with Crippen LogP contribution in [0.15, 0.2) is 42.5 Å². The molecule has 11 heteroatoms. The first-order chi connectivity index (χ1) is 13.1. The second kappa shape index (κ2) is 7.12. The summed E-state index contributed by atoms with van der Waals surface area (Å²) in [4.78, 5) is 11.7. The predicted octanol–water partition coefficient (Wildman–Crippen LogP) is 4.83. The van der Waals surface area contributed by atoms with Gasteiger partial charge in [0.25, 0.3) is 5.69 Å². The zero-order valence-corrected chi connectivity index (χ0v) is 15.4. The summed E-state index contributed by atoms with van der Waals surface area (Å²) >= 11 is 6.13. The van der Waals surface area contributed by atoms with Crippen LogP contribution < -0.4 is 4.90 Å². The van der Waals surface area contributed by atoms with Crippen molar-refractivity contribution in [2.45, 2.75) is 6.18 Å². The van der Waals surface area contributed by atoms with E-state index >= 15 is 0 Å². The van der Waals surface area contributed by atoms with Crippen LogP contribution >= 0.6 is 11.6 Å². The molecule has 3 aromatic rings. The van der Waals surface area contributed by atoms with Crippen molar-refractivity contribution >= 4 is 28.9 Å². The molecule has 0 radical (unpaired) electrons. The summed E-state index contributed by atoms with van der Waals surface area (Å²) in [6.45, 7) is 0. The van der Waals surface area contributed by atoms with E-state index in [-0.39, 0.29) is 22.3 Å². The molecule has 0 atom stereocenters. The smallest absolute Gasteiger partial charge is 0.314 e. The van der Waals surface area contributed by atoms with Gasteiger partial charge in [-0.25, -0.2) is 0 Å². The van der Waals surface area contributed by atoms with Gasteiger partial charge in [-0.15, -0.1) is 10.2 Å². The van der Waals surface area contributed by atoms with Crippen molar-refractivity contribution in [3.05, 3.63) is 63.2 Å². The van der Waals surface area contributed by atoms with E-state index in [4.69, 9.17) is 11.6 Å². The lowest BCUT2D eigenvalue weighted by Crippen LogP contribution is -2.15. The normalized spacial score (nSPS) is 11.5. The van der Waals surface area contributed by atoms with Crippen molar-refractivity contribution in [1.82, 2.24) is 14.8 Å². The fraction of sp³-hybridized carbons (Fsp3) is 0.176. The first-order valence-electron chi connectivity index (χ1n) is 7.84. The van der Waals surface area contributed by atoms with E-state index in [1.54, 1.807) is 14.1 Å². The minimum absolute atomic E-state index is 0.109. The number of halogens is 4. The Morgan fingerprint density at radius 3 is 2.50 bits per heavy atom. The molecule has 3 rings (SSSR count). The molecule has 0 unspecified atom stereocenters. The van der Waals surface area contributed by atoms with Gasteiger partial charge in [-0.2, -0.15) is 13.2 Å². The number of hydrogen-bond donors (Lipinski definition) is 0. The van der Waals surface area contributed by atoms with Crippen molar-refractivity contribution in [3.8, 4) is 11.4 Å². The summed E-state index contributed by atoms with van der Waals surface area (Å²) in [7, 11) is 3.17. The van der Waals surface area contributed by atoms with Crippen molar-refractivity contribution in [2.75, 3.05) is 11.9 Å². The van der Waals surface area contributed by atoms with Crippen LogP contribution in [0.2, 0.25) is 5.02 Å². The van der Waals surface area contributed by atoms with Crippen LogP contribution in [0, 0.1) is 10.1 Å². The molecule has 1 heterocycles. The third-order valence-corrected chi connectivity index (χ3v) is 4.43. The van der Waals surface area contributed by atoms with E-state index in [0.717, 1.165) is 12.1 Å². The Hall–Kier alpha value is -3.14. The van der Waals surface area contributed by atoms with E-state index < -0.39 is 16.7 Å². The summed E-state index contributed by atoms with van der Waals surface area (Å²) < 4.78 is 40.4. The molecular weight excluding hydrogens is 399 g/mol. The number of nitro benzene ring substituents is 1. The Morgan fingerprint density at radius 2 is 1.89 bits per heavy atom. The number of rotatable bonds is 4. The molecule has 0 aliphatic rings. The maximum absolute atomic E-state index is 13.0. The molecule has 0 aliphatic carbocycles. The summed E-state index contributed by atoms with van der Waals surface area (Å²) in [5, 5.41) is 19.0. The highest BCUT2D eigenvalue weighted by Gasteiger charge is 2.31. The number of hydrogen-bond acceptors (Lipinski definition) is 5. The zero-order chi connectivity index (χ0) is 20.6. The second-order valence-electron chi connectivity index (χ2n) is 5.91. The zero-order valence-electron chi connectivity index (χ0n) is 14.6. The summed E-state index contributed by atoms with van der Waals surface area (Å²) in [5.74, 6) is 0.581. The number of aromatic nitrogens is 3. The van der Waals surface area contributed by atoms with Crippen LogP contribution in [0.3, 0.4) is 0 Å². The number of alkyl halides is 3. The monoisotopic (exact) mass is 411 g/mol. The predicted molar refractivity (Wildman–Crippen MR) is 97.6 cm³/mol. The summed E-state index contributed by atoms with van der Waals surface area (Å²) in [5.41, 5.74) is -0.271. The number of nitrogens with zero attached hydrogens (tertiary/aromatic N) is 5. The minimum Gasteiger partial charge on any atom is -0.314 e. The van der Waals surface area contributed by atoms with Crippen LogP contribution in [-0.4, -0.2) is 26.7 Å². The third kappa shape index (κ3) is 3.63. The highest BCUT2D eigenvalue weighted by Crippen LogP contribution is 2.34. The lowest BCUT2D eigenvalue weighted by Gasteiger charge is -2.19. The third-order valence-electron chi connectivity index (χ3n) is 4.12. The molecule has 0 bridgehead atoms. The van der Waals surface area contributed by atoms with Gasteiger partial charge in [-0.05, 0) is 24.3 Å². The first kappa shape index (κ1) is 19.6. The molecule has 0 fully saturated rings. The van der Waals surface area contributed by atoms with E-state index in [0.29, 0.717) is 11.4 Å². The number of benzene rings is 2. The van der Waals surface area contributed by atoms with Crippen molar-refractivity contribution < 1.29 is 18.1 Å². The van der Waals surface area contributed by atoms with Gasteiger partial charge in [-0.3, -0.25) is 14.7 Å². The number of nitro groups is 1. The largest absolute Gasteiger partial charge is 0.416 e. The lowest BCUT2D eigenvalue weighted by atomic mass is 10.2. The van der Waals surface area contributed by atoms with Gasteiger partial charge < -0.3 is 4.90 Å². The van der Waals surface area contributed by atoms with Gasteiger partial charge in [0.05, 0.1) is 15.5 Å². The van der Waals surface area contributed by atoms with Crippen molar-refractivity contribution in [2.24, 2.45) is 7.05 Å². The molecule has 0 spiro atoms. The van der Waals surface area contributed by atoms with Crippen LogP contribution in [0.4, 0.5) is 30.5 Å². The van der Waals surface area contributed by atoms with Crippen molar-refractivity contribution in [3.63, 3.8) is 0 Å². The van der Waals surface area contributed by atoms with Crippen molar-refractivity contribution in [1.29, 1.82) is 0 Å². The van der Waals surface area contributed by atoms with E-state index in [2.05, 4.69) is 10.2 Å². The van der Waals surface area contributed by atoms with Gasteiger partial charge in [-0.1, -0.05) is 17.7 Å². The SMILES string of the molecule is CN(c1cccc(C(F)(F)F)c1)c1nnc(-c2ccc([N+](=O)[O-])cc2Cl)n1C. The standard InChI is InChI=1S/C17H13ClF3N5O2/c1-24(11-5-3-4-10(8-11)17(19,20)21)16-23-22-15(25(16)2)13-7-6-12(26(27)28)9-14(13)18/h3-9H,1-2H3. The van der Waals surface area contributed by atoms with Gasteiger partial charge in [0, 0.05) is 37.5 Å². The molecular formula is C17H13ClF3N5O2. The molecule has 28 heavy (non-hydrogen) atoms. The van der Waals surface area contributed by atoms with Crippen LogP contribution in [0.1, 0.15) is 5.56 Å². The molecule has 0 saturated heterocycles. The highest BCUT2D eigenvalue weighted by molar-refractivity contribution is 6.33. The molecule has 1 aromatic heterocycles. The summed E-state index contributed by atoms with van der Waals surface area (Å²) in [6, 6.07) is 8.73. The Labute approximate surface area is 162 Å². The molecule has 0 saturated carbocycles. The molecule has 7 nitrogen and oxygen atoms in total. The van der Waals surface area contributed by atoms with Gasteiger partial charge in [0.1, 0.15) is 0 Å². The van der Waals surface area contributed by atoms with E-state index in [9.17, 15) is 23.3 Å². The van der Waals surface area contributed by atoms with Crippen LogP contribution in [-0.2, 0) is 13.2 Å². The average molecular weight is 412 g/mol. The number of anilines is 2. The van der Waals surface area contributed by atoms with Crippen LogP contribution in [0.5, 0.6) is 0 Å². The second-order valence-corrected chi connectivity index (χ2v) is 6.32. The first-order valence-corrected chi connectivity index (χ1v) is 8.22. The molecule has 0 amide bonds. The fourth-order valence-electron chi connectivity index (χ4n) is 2.65. The number of non-ortho nitro benzene ring substituents is 1. The Balaban J connectivity index is 1.99. The van der Waals surface area contributed by atoms with Crippen LogP contribution in [0.25, 0.3) is 11.4 Å². The molecule has 2 aromatic carbocycles. The Bertz CT molecular complexity index is 1050. The molecule has 0 aliphatic heterocycles. The quantitative estimate of drug-likeness (QED) is 0.454. The maximum atomic E-state index is 13.0. The molecule has 0 N–H and O–H groups in total. The van der Waals surface area contributed by atoms with E-state index in [1.165, 1.54) is 39.8 Å².